The lowest BCUT2D eigenvalue weighted by Crippen LogP contribution is -2.47. The van der Waals surface area contributed by atoms with Crippen LogP contribution in [0.15, 0.2) is 84.9 Å². The summed E-state index contributed by atoms with van der Waals surface area (Å²) in [5.41, 5.74) is 2.70. The maximum atomic E-state index is 14.7. The monoisotopic (exact) mass is 819 g/mol. The summed E-state index contributed by atoms with van der Waals surface area (Å²) < 4.78 is 51.3. The van der Waals surface area contributed by atoms with E-state index in [4.69, 9.17) is 14.2 Å². The second kappa shape index (κ2) is 13.1. The molecule has 1 aliphatic carbocycles. The van der Waals surface area contributed by atoms with Crippen LogP contribution in [0.5, 0.6) is 11.5 Å². The summed E-state index contributed by atoms with van der Waals surface area (Å²) in [6.45, 7) is 2.93. The van der Waals surface area contributed by atoms with Gasteiger partial charge in [-0.15, -0.1) is 12.6 Å². The molecule has 51 heavy (non-hydrogen) atoms. The molecule has 4 aliphatic rings. The van der Waals surface area contributed by atoms with Crippen LogP contribution in [0.1, 0.15) is 76.3 Å². The molecule has 0 bridgehead atoms. The zero-order valence-electron chi connectivity index (χ0n) is 27.7. The lowest BCUT2D eigenvalue weighted by atomic mass is 9.74. The van der Waals surface area contributed by atoms with E-state index in [-0.39, 0.29) is 22.3 Å². The van der Waals surface area contributed by atoms with Gasteiger partial charge in [0.25, 0.3) is 6.43 Å². The Labute approximate surface area is 313 Å². The van der Waals surface area contributed by atoms with Crippen LogP contribution in [-0.2, 0) is 21.6 Å². The first kappa shape index (κ1) is 33.2. The van der Waals surface area contributed by atoms with Crippen LogP contribution in [0.3, 0.4) is 0 Å². The first-order valence-electron chi connectivity index (χ1n) is 17.4. The smallest absolute Gasteiger partial charge is 0.340 e. The van der Waals surface area contributed by atoms with Gasteiger partial charge in [-0.1, -0.05) is 48.5 Å². The molecule has 2 unspecified atom stereocenters. The summed E-state index contributed by atoms with van der Waals surface area (Å²) in [6, 6.07) is 26.8. The van der Waals surface area contributed by atoms with Crippen molar-refractivity contribution in [3.8, 4) is 11.5 Å². The number of para-hydroxylation sites is 1. The van der Waals surface area contributed by atoms with E-state index in [9.17, 15) is 13.6 Å². The van der Waals surface area contributed by atoms with E-state index in [1.807, 2.05) is 24.3 Å². The van der Waals surface area contributed by atoms with Gasteiger partial charge < -0.3 is 24.1 Å². The molecule has 0 amide bonds. The van der Waals surface area contributed by atoms with Crippen molar-refractivity contribution in [2.75, 3.05) is 25.0 Å². The van der Waals surface area contributed by atoms with Crippen LogP contribution in [0.4, 0.5) is 14.5 Å². The highest BCUT2D eigenvalue weighted by atomic mass is 127. The Morgan fingerprint density at radius 3 is 2.51 bits per heavy atom. The maximum Gasteiger partial charge on any atom is 0.340 e. The molecule has 4 heterocycles. The highest BCUT2D eigenvalue weighted by Crippen LogP contribution is 2.58. The molecule has 1 saturated carbocycles. The van der Waals surface area contributed by atoms with Crippen LogP contribution >= 0.6 is 35.2 Å². The molecule has 262 valence electrons. The molecule has 2 atom stereocenters. The second-order valence-corrected chi connectivity index (χ2v) is 15.4. The van der Waals surface area contributed by atoms with E-state index >= 15 is 0 Å². The molecular weight excluding hydrogens is 783 g/mol. The standard InChI is InChI=1S/C40H36F2IN3O4S/c41-38(42)26-7-4-13-33-37(26)40(29-9-1-2-12-32(29)49-33)36-23(6-3-8-27(36)39(47)50-40)21-44-30-10-5-11-31-28(30)20-34(43)46(31)25-16-14-24(15-17-25)45-18-19-48-35(51)22-45/h1-13,20,24-25,35,38,44,51H,14-19,21-22H2. The predicted octanol–water partition coefficient (Wildman–Crippen LogP) is 9.44. The minimum absolute atomic E-state index is 0.00867. The van der Waals surface area contributed by atoms with Crippen molar-refractivity contribution >= 4 is 57.8 Å². The molecule has 4 aromatic carbocycles. The summed E-state index contributed by atoms with van der Waals surface area (Å²) in [6.07, 6.45) is 1.69. The van der Waals surface area contributed by atoms with Crippen molar-refractivity contribution < 1.29 is 27.8 Å². The number of aromatic nitrogens is 1. The van der Waals surface area contributed by atoms with E-state index in [0.717, 1.165) is 62.0 Å². The Hall–Kier alpha value is -3.65. The molecule has 1 aromatic heterocycles. The number of thiol groups is 1. The number of alkyl halides is 2. The number of hydrogen-bond acceptors (Lipinski definition) is 7. The molecule has 2 fully saturated rings. The van der Waals surface area contributed by atoms with Gasteiger partial charge in [-0.05, 0) is 90.2 Å². The summed E-state index contributed by atoms with van der Waals surface area (Å²) >= 11 is 7.02. The van der Waals surface area contributed by atoms with Crippen molar-refractivity contribution in [3.63, 3.8) is 0 Å². The van der Waals surface area contributed by atoms with Crippen molar-refractivity contribution in [3.05, 3.63) is 122 Å². The first-order valence-corrected chi connectivity index (χ1v) is 19.0. The van der Waals surface area contributed by atoms with Crippen LogP contribution in [0.2, 0.25) is 0 Å². The third-order valence-corrected chi connectivity index (χ3v) is 12.2. The van der Waals surface area contributed by atoms with Crippen LogP contribution in [-0.4, -0.2) is 46.6 Å². The third kappa shape index (κ3) is 5.45. The lowest BCUT2D eigenvalue weighted by Gasteiger charge is -2.40. The molecule has 1 saturated heterocycles. The predicted molar refractivity (Wildman–Crippen MR) is 203 cm³/mol. The first-order chi connectivity index (χ1) is 24.8. The summed E-state index contributed by atoms with van der Waals surface area (Å²) in [7, 11) is 0. The number of halogens is 3. The number of carbonyl (C=O) groups is 1. The Morgan fingerprint density at radius 2 is 1.69 bits per heavy atom. The van der Waals surface area contributed by atoms with E-state index in [0.29, 0.717) is 41.1 Å². The number of morpholine rings is 1. The highest BCUT2D eigenvalue weighted by Gasteiger charge is 2.56. The molecule has 3 aliphatic heterocycles. The van der Waals surface area contributed by atoms with Gasteiger partial charge in [0.1, 0.15) is 16.9 Å². The van der Waals surface area contributed by atoms with Crippen molar-refractivity contribution in [1.29, 1.82) is 0 Å². The third-order valence-electron chi connectivity index (χ3n) is 11.0. The van der Waals surface area contributed by atoms with E-state index in [1.165, 1.54) is 15.3 Å². The fourth-order valence-electron chi connectivity index (χ4n) is 8.83. The van der Waals surface area contributed by atoms with Crippen molar-refractivity contribution in [1.82, 2.24) is 9.47 Å². The SMILES string of the molecule is O=C1OC2(c3ccccc3Oc3cccc(C(F)F)c32)c2c(CNc3cccc4c3cc(I)n4C3CCC(N4CCOC(S)C4)CC3)cccc21. The number of nitrogens with one attached hydrogen (secondary N) is 1. The average molecular weight is 820 g/mol. The highest BCUT2D eigenvalue weighted by molar-refractivity contribution is 14.1. The normalized spacial score (nSPS) is 24.3. The van der Waals surface area contributed by atoms with Gasteiger partial charge >= 0.3 is 5.97 Å². The maximum absolute atomic E-state index is 14.7. The van der Waals surface area contributed by atoms with Gasteiger partial charge in [0.15, 0.2) is 5.60 Å². The average Bonchev–Trinajstić information content (AvgIpc) is 3.64. The van der Waals surface area contributed by atoms with Gasteiger partial charge in [-0.3, -0.25) is 4.90 Å². The zero-order chi connectivity index (χ0) is 34.9. The van der Waals surface area contributed by atoms with Crippen LogP contribution in [0.25, 0.3) is 10.9 Å². The zero-order valence-corrected chi connectivity index (χ0v) is 30.7. The van der Waals surface area contributed by atoms with Crippen molar-refractivity contribution in [2.24, 2.45) is 0 Å². The minimum atomic E-state index is -2.81. The Kier molecular flexibility index (Phi) is 8.52. The molecular formula is C40H36F2IN3O4S. The fraction of sp³-hybridized carbons (Fsp3) is 0.325. The number of carbonyl (C=O) groups excluding carboxylic acids is 1. The Morgan fingerprint density at radius 1 is 0.922 bits per heavy atom. The van der Waals surface area contributed by atoms with Crippen molar-refractivity contribution in [2.45, 2.75) is 61.8 Å². The van der Waals surface area contributed by atoms with Gasteiger partial charge in [-0.25, -0.2) is 13.6 Å². The van der Waals surface area contributed by atoms with Gasteiger partial charge in [-0.2, -0.15) is 0 Å². The van der Waals surface area contributed by atoms with Crippen LogP contribution < -0.4 is 10.1 Å². The fourth-order valence-corrected chi connectivity index (χ4v) is 10.1. The number of rotatable bonds is 6. The topological polar surface area (TPSA) is 65.0 Å². The molecule has 7 nitrogen and oxygen atoms in total. The Bertz CT molecular complexity index is 2170. The summed E-state index contributed by atoms with van der Waals surface area (Å²) in [5, 5.41) is 4.78. The van der Waals surface area contributed by atoms with Crippen LogP contribution in [0, 0.1) is 3.70 Å². The second-order valence-electron chi connectivity index (χ2n) is 13.7. The molecule has 0 radical (unpaired) electrons. The largest absolute Gasteiger partial charge is 0.456 e. The summed E-state index contributed by atoms with van der Waals surface area (Å²) in [4.78, 5) is 16.2. The lowest BCUT2D eigenvalue weighted by molar-refractivity contribution is -0.00968. The molecule has 1 N–H and O–H groups in total. The van der Waals surface area contributed by atoms with Gasteiger partial charge in [0.05, 0.1) is 27.0 Å². The molecule has 5 aromatic rings. The van der Waals surface area contributed by atoms with E-state index in [2.05, 4.69) is 74.3 Å². The molecule has 11 heteroatoms. The number of benzene rings is 4. The number of ether oxygens (including phenoxy) is 3. The number of esters is 1. The number of anilines is 1. The molecule has 9 rings (SSSR count). The minimum Gasteiger partial charge on any atom is -0.456 e. The summed E-state index contributed by atoms with van der Waals surface area (Å²) in [5.74, 6) is 0.159. The van der Waals surface area contributed by atoms with E-state index < -0.39 is 18.0 Å². The number of hydrogen-bond donors (Lipinski definition) is 2. The van der Waals surface area contributed by atoms with E-state index in [1.54, 1.807) is 30.3 Å². The molecule has 1 spiro atoms. The Balaban J connectivity index is 1.06. The van der Waals surface area contributed by atoms with Gasteiger partial charge in [0, 0.05) is 59.5 Å². The quantitative estimate of drug-likeness (QED) is 0.101. The number of fused-ring (bicyclic) bond motifs is 7. The van der Waals surface area contributed by atoms with Gasteiger partial charge in [0.2, 0.25) is 0 Å². The number of nitrogens with zero attached hydrogens (tertiary/aromatic N) is 2.